The lowest BCUT2D eigenvalue weighted by atomic mass is 10.1. The minimum atomic E-state index is -0.241. The second kappa shape index (κ2) is 10.5. The molecule has 1 aromatic carbocycles. The Balaban J connectivity index is 2.74. The lowest BCUT2D eigenvalue weighted by Crippen LogP contribution is -2.18. The van der Waals surface area contributed by atoms with Crippen molar-refractivity contribution in [1.82, 2.24) is 0 Å². The van der Waals surface area contributed by atoms with Crippen molar-refractivity contribution < 1.29 is 23.7 Å². The van der Waals surface area contributed by atoms with Gasteiger partial charge in [0.25, 0.3) is 0 Å². The zero-order valence-corrected chi connectivity index (χ0v) is 15.0. The van der Waals surface area contributed by atoms with Crippen molar-refractivity contribution in [1.29, 1.82) is 0 Å². The topological polar surface area (TPSA) is 46.2 Å². The fraction of sp³-hybridized carbons (Fsp3) is 0.500. The molecule has 1 aromatic rings. The molecule has 0 aliphatic heterocycles. The maximum absolute atomic E-state index is 5.57. The number of rotatable bonds is 10. The average molecular weight is 375 g/mol. The Hall–Kier alpha value is -1.24. The second-order valence-corrected chi connectivity index (χ2v) is 4.88. The van der Waals surface area contributed by atoms with E-state index in [2.05, 4.69) is 15.9 Å². The molecule has 0 spiro atoms. The van der Waals surface area contributed by atoms with Gasteiger partial charge in [-0.3, -0.25) is 0 Å². The molecule has 0 aliphatic rings. The molecule has 1 unspecified atom stereocenters. The Morgan fingerprint density at radius 1 is 1.05 bits per heavy atom. The lowest BCUT2D eigenvalue weighted by Gasteiger charge is -2.14. The standard InChI is InChI=1S/C16H23BrO5/c1-5-21-15(11-17)22-8-6-7-12-9-13(18-2)16(20-4)14(10-12)19-3/h6-7,9-10,15H,5,8,11H2,1-4H3/b7-6+. The molecule has 0 saturated heterocycles. The third-order valence-electron chi connectivity index (χ3n) is 2.85. The minimum absolute atomic E-state index is 0.241. The van der Waals surface area contributed by atoms with Gasteiger partial charge < -0.3 is 23.7 Å². The Bertz CT molecular complexity index is 451. The van der Waals surface area contributed by atoms with Crippen LogP contribution in [-0.4, -0.2) is 46.2 Å². The van der Waals surface area contributed by atoms with Gasteiger partial charge in [-0.1, -0.05) is 28.1 Å². The summed E-state index contributed by atoms with van der Waals surface area (Å²) in [4.78, 5) is 0. The summed E-state index contributed by atoms with van der Waals surface area (Å²) in [5.74, 6) is 1.82. The SMILES string of the molecule is CCOC(CBr)OC/C=C/c1cc(OC)c(OC)c(OC)c1. The molecule has 6 heteroatoms. The number of benzene rings is 1. The summed E-state index contributed by atoms with van der Waals surface area (Å²) in [5, 5.41) is 0.638. The Kier molecular flexibility index (Phi) is 8.96. The fourth-order valence-corrected chi connectivity index (χ4v) is 2.24. The summed E-state index contributed by atoms with van der Waals surface area (Å²) < 4.78 is 26.9. The first-order chi connectivity index (χ1) is 10.7. The third-order valence-corrected chi connectivity index (χ3v) is 3.38. The van der Waals surface area contributed by atoms with Crippen LogP contribution in [0.3, 0.4) is 0 Å². The number of hydrogen-bond acceptors (Lipinski definition) is 5. The minimum Gasteiger partial charge on any atom is -0.493 e. The molecule has 0 fully saturated rings. The van der Waals surface area contributed by atoms with Crippen LogP contribution in [0.4, 0.5) is 0 Å². The van der Waals surface area contributed by atoms with Crippen LogP contribution in [0.1, 0.15) is 12.5 Å². The first-order valence-electron chi connectivity index (χ1n) is 6.95. The number of halogens is 1. The molecule has 0 aliphatic carbocycles. The molecule has 0 N–H and O–H groups in total. The van der Waals surface area contributed by atoms with Gasteiger partial charge in [0.05, 0.1) is 33.3 Å². The Labute approximate surface area is 140 Å². The van der Waals surface area contributed by atoms with E-state index in [0.29, 0.717) is 35.8 Å². The summed E-state index contributed by atoms with van der Waals surface area (Å²) in [6, 6.07) is 3.75. The van der Waals surface area contributed by atoms with Gasteiger partial charge in [-0.05, 0) is 24.6 Å². The molecule has 0 aromatic heterocycles. The number of methoxy groups -OCH3 is 3. The van der Waals surface area contributed by atoms with Crippen LogP contribution < -0.4 is 14.2 Å². The van der Waals surface area contributed by atoms with Crippen LogP contribution in [0.5, 0.6) is 17.2 Å². The summed E-state index contributed by atoms with van der Waals surface area (Å²) in [6.07, 6.45) is 3.60. The lowest BCUT2D eigenvalue weighted by molar-refractivity contribution is -0.114. The van der Waals surface area contributed by atoms with Gasteiger partial charge in [-0.15, -0.1) is 0 Å². The smallest absolute Gasteiger partial charge is 0.203 e. The van der Waals surface area contributed by atoms with E-state index in [1.807, 2.05) is 31.2 Å². The maximum Gasteiger partial charge on any atom is 0.203 e. The van der Waals surface area contributed by atoms with Gasteiger partial charge in [0.15, 0.2) is 17.8 Å². The largest absolute Gasteiger partial charge is 0.493 e. The highest BCUT2D eigenvalue weighted by Crippen LogP contribution is 2.38. The van der Waals surface area contributed by atoms with E-state index in [1.165, 1.54) is 0 Å². The molecule has 0 heterocycles. The molecule has 1 rings (SSSR count). The van der Waals surface area contributed by atoms with Gasteiger partial charge in [-0.2, -0.15) is 0 Å². The van der Waals surface area contributed by atoms with Crippen molar-refractivity contribution >= 4 is 22.0 Å². The third kappa shape index (κ3) is 5.51. The van der Waals surface area contributed by atoms with E-state index in [1.54, 1.807) is 21.3 Å². The van der Waals surface area contributed by atoms with Crippen molar-refractivity contribution in [2.45, 2.75) is 13.2 Å². The van der Waals surface area contributed by atoms with Gasteiger partial charge in [0.2, 0.25) is 5.75 Å². The number of alkyl halides is 1. The first-order valence-corrected chi connectivity index (χ1v) is 8.07. The van der Waals surface area contributed by atoms with Crippen LogP contribution in [0.25, 0.3) is 6.08 Å². The van der Waals surface area contributed by atoms with Gasteiger partial charge in [0.1, 0.15) is 0 Å². The van der Waals surface area contributed by atoms with Gasteiger partial charge >= 0.3 is 0 Å². The van der Waals surface area contributed by atoms with Gasteiger partial charge in [-0.25, -0.2) is 0 Å². The molecule has 0 saturated carbocycles. The predicted molar refractivity (Wildman–Crippen MR) is 90.3 cm³/mol. The fourth-order valence-electron chi connectivity index (χ4n) is 1.87. The number of ether oxygens (including phenoxy) is 5. The van der Waals surface area contributed by atoms with Crippen molar-refractivity contribution in [2.24, 2.45) is 0 Å². The zero-order valence-electron chi connectivity index (χ0n) is 13.4. The zero-order chi connectivity index (χ0) is 16.4. The van der Waals surface area contributed by atoms with Crippen LogP contribution >= 0.6 is 15.9 Å². The molecule has 124 valence electrons. The molecule has 5 nitrogen and oxygen atoms in total. The first kappa shape index (κ1) is 18.8. The van der Waals surface area contributed by atoms with Crippen molar-refractivity contribution in [3.8, 4) is 17.2 Å². The van der Waals surface area contributed by atoms with E-state index in [-0.39, 0.29) is 6.29 Å². The van der Waals surface area contributed by atoms with Crippen LogP contribution in [-0.2, 0) is 9.47 Å². The van der Waals surface area contributed by atoms with Crippen molar-refractivity contribution in [3.05, 3.63) is 23.8 Å². The highest BCUT2D eigenvalue weighted by Gasteiger charge is 2.12. The Morgan fingerprint density at radius 2 is 1.68 bits per heavy atom. The predicted octanol–water partition coefficient (Wildman–Crippen LogP) is 3.50. The van der Waals surface area contributed by atoms with E-state index in [4.69, 9.17) is 23.7 Å². The van der Waals surface area contributed by atoms with Crippen molar-refractivity contribution in [3.63, 3.8) is 0 Å². The van der Waals surface area contributed by atoms with Crippen molar-refractivity contribution in [2.75, 3.05) is 39.9 Å². The van der Waals surface area contributed by atoms with E-state index < -0.39 is 0 Å². The second-order valence-electron chi connectivity index (χ2n) is 4.23. The maximum atomic E-state index is 5.57. The molecule has 1 atom stereocenters. The summed E-state index contributed by atoms with van der Waals surface area (Å²) >= 11 is 3.35. The molecule has 0 amide bonds. The molecule has 0 bridgehead atoms. The molecule has 0 radical (unpaired) electrons. The number of hydrogen-bond donors (Lipinski definition) is 0. The van der Waals surface area contributed by atoms with Crippen LogP contribution in [0.15, 0.2) is 18.2 Å². The highest BCUT2D eigenvalue weighted by atomic mass is 79.9. The monoisotopic (exact) mass is 374 g/mol. The molecule has 22 heavy (non-hydrogen) atoms. The van der Waals surface area contributed by atoms with E-state index in [9.17, 15) is 0 Å². The van der Waals surface area contributed by atoms with Crippen LogP contribution in [0, 0.1) is 0 Å². The van der Waals surface area contributed by atoms with Gasteiger partial charge in [0, 0.05) is 6.61 Å². The van der Waals surface area contributed by atoms with Crippen LogP contribution in [0.2, 0.25) is 0 Å². The Morgan fingerprint density at radius 3 is 2.14 bits per heavy atom. The molecular weight excluding hydrogens is 352 g/mol. The summed E-state index contributed by atoms with van der Waals surface area (Å²) in [6.45, 7) is 3.00. The quantitative estimate of drug-likeness (QED) is 0.463. The highest BCUT2D eigenvalue weighted by molar-refractivity contribution is 9.09. The van der Waals surface area contributed by atoms with E-state index >= 15 is 0 Å². The normalized spacial score (nSPS) is 12.4. The average Bonchev–Trinajstić information content (AvgIpc) is 2.56. The summed E-state index contributed by atoms with van der Waals surface area (Å²) in [5.41, 5.74) is 0.935. The summed E-state index contributed by atoms with van der Waals surface area (Å²) in [7, 11) is 4.77. The van der Waals surface area contributed by atoms with E-state index in [0.717, 1.165) is 5.56 Å². The molecular formula is C16H23BrO5.